The summed E-state index contributed by atoms with van der Waals surface area (Å²) in [6.07, 6.45) is 3.52. The molecule has 6 heteroatoms. The van der Waals surface area contributed by atoms with Gasteiger partial charge >= 0.3 is 0 Å². The van der Waals surface area contributed by atoms with Gasteiger partial charge in [0.1, 0.15) is 23.1 Å². The van der Waals surface area contributed by atoms with E-state index in [0.29, 0.717) is 30.5 Å². The van der Waals surface area contributed by atoms with E-state index in [-0.39, 0.29) is 35.6 Å². The molecule has 1 aromatic carbocycles. The average molecular weight is 437 g/mol. The number of carbonyl (C=O) groups is 2. The van der Waals surface area contributed by atoms with Crippen LogP contribution < -0.4 is 0 Å². The van der Waals surface area contributed by atoms with E-state index < -0.39 is 0 Å². The fourth-order valence-corrected chi connectivity index (χ4v) is 3.44. The molecule has 2 heterocycles. The number of halogens is 1. The zero-order valence-corrected chi connectivity index (χ0v) is 19.1. The Bertz CT molecular complexity index is 1110. The summed E-state index contributed by atoms with van der Waals surface area (Å²) in [5.74, 6) is 0.303. The minimum atomic E-state index is -0.376. The molecule has 0 atom stereocenters. The van der Waals surface area contributed by atoms with Crippen molar-refractivity contribution in [2.24, 2.45) is 0 Å². The molecule has 0 aliphatic heterocycles. The number of benzene rings is 1. The second kappa shape index (κ2) is 9.98. The maximum absolute atomic E-state index is 14.6. The predicted molar refractivity (Wildman–Crippen MR) is 120 cm³/mol. The van der Waals surface area contributed by atoms with Gasteiger partial charge in [0, 0.05) is 36.2 Å². The van der Waals surface area contributed by atoms with Crippen molar-refractivity contribution in [3.63, 3.8) is 0 Å². The van der Waals surface area contributed by atoms with Crippen LogP contribution in [0.3, 0.4) is 0 Å². The molecule has 0 bridgehead atoms. The molecular weight excluding hydrogens is 407 g/mol. The molecule has 0 saturated heterocycles. The minimum absolute atomic E-state index is 0.0165. The lowest BCUT2D eigenvalue weighted by molar-refractivity contribution is -0.118. The third-order valence-electron chi connectivity index (χ3n) is 5.19. The van der Waals surface area contributed by atoms with Crippen molar-refractivity contribution < 1.29 is 18.5 Å². The second-order valence-electron chi connectivity index (χ2n) is 9.28. The monoisotopic (exact) mass is 436 g/mol. The van der Waals surface area contributed by atoms with Gasteiger partial charge in [0.2, 0.25) is 0 Å². The van der Waals surface area contributed by atoms with Crippen LogP contribution in [0.25, 0.3) is 0 Å². The van der Waals surface area contributed by atoms with Gasteiger partial charge < -0.3 is 4.52 Å². The van der Waals surface area contributed by atoms with Crippen molar-refractivity contribution in [2.75, 3.05) is 0 Å². The van der Waals surface area contributed by atoms with E-state index in [1.807, 2.05) is 39.0 Å². The van der Waals surface area contributed by atoms with Gasteiger partial charge in [-0.2, -0.15) is 0 Å². The Morgan fingerprint density at radius 3 is 2.28 bits per heavy atom. The van der Waals surface area contributed by atoms with E-state index in [9.17, 15) is 14.0 Å². The largest absolute Gasteiger partial charge is 0.361 e. The zero-order valence-electron chi connectivity index (χ0n) is 19.1. The Morgan fingerprint density at radius 2 is 1.66 bits per heavy atom. The summed E-state index contributed by atoms with van der Waals surface area (Å²) in [4.78, 5) is 27.9. The maximum Gasteiger partial charge on any atom is 0.143 e. The lowest BCUT2D eigenvalue weighted by Gasteiger charge is -2.12. The van der Waals surface area contributed by atoms with Gasteiger partial charge in [0.15, 0.2) is 0 Å². The molecule has 0 saturated carbocycles. The Kier molecular flexibility index (Phi) is 7.33. The number of pyridine rings is 1. The Hall–Kier alpha value is -3.15. The van der Waals surface area contributed by atoms with Crippen LogP contribution in [0, 0.1) is 5.82 Å². The van der Waals surface area contributed by atoms with Crippen molar-refractivity contribution in [1.82, 2.24) is 10.1 Å². The van der Waals surface area contributed by atoms with Crippen molar-refractivity contribution in [1.29, 1.82) is 0 Å². The highest BCUT2D eigenvalue weighted by Crippen LogP contribution is 2.23. The number of hydrogen-bond donors (Lipinski definition) is 0. The van der Waals surface area contributed by atoms with Crippen LogP contribution in [0.1, 0.15) is 61.5 Å². The molecule has 32 heavy (non-hydrogen) atoms. The van der Waals surface area contributed by atoms with Crippen LogP contribution >= 0.6 is 0 Å². The van der Waals surface area contributed by atoms with E-state index in [1.54, 1.807) is 18.3 Å². The van der Waals surface area contributed by atoms with Gasteiger partial charge in [0.25, 0.3) is 0 Å². The summed E-state index contributed by atoms with van der Waals surface area (Å²) in [7, 11) is 0. The van der Waals surface area contributed by atoms with Crippen LogP contribution in [0.15, 0.2) is 47.1 Å². The molecule has 3 rings (SSSR count). The molecule has 0 radical (unpaired) electrons. The van der Waals surface area contributed by atoms with Crippen LogP contribution in [-0.4, -0.2) is 21.7 Å². The first-order valence-electron chi connectivity index (χ1n) is 10.8. The Morgan fingerprint density at radius 1 is 0.938 bits per heavy atom. The average Bonchev–Trinajstić information content (AvgIpc) is 3.17. The molecule has 0 amide bonds. The van der Waals surface area contributed by atoms with Gasteiger partial charge in [0.05, 0.1) is 12.1 Å². The summed E-state index contributed by atoms with van der Waals surface area (Å²) < 4.78 is 19.9. The van der Waals surface area contributed by atoms with Crippen molar-refractivity contribution in [2.45, 2.75) is 65.2 Å². The highest BCUT2D eigenvalue weighted by molar-refractivity contribution is 5.82. The van der Waals surface area contributed by atoms with Crippen LogP contribution in [-0.2, 0) is 47.1 Å². The first kappa shape index (κ1) is 23.5. The number of rotatable bonds is 9. The molecule has 168 valence electrons. The molecule has 0 aliphatic carbocycles. The molecule has 0 N–H and O–H groups in total. The highest BCUT2D eigenvalue weighted by atomic mass is 19.1. The Labute approximate surface area is 188 Å². The number of ketones is 2. The summed E-state index contributed by atoms with van der Waals surface area (Å²) >= 11 is 0. The van der Waals surface area contributed by atoms with Crippen molar-refractivity contribution in [3.05, 3.63) is 82.3 Å². The van der Waals surface area contributed by atoms with E-state index in [1.165, 1.54) is 13.0 Å². The molecule has 0 spiro atoms. The van der Waals surface area contributed by atoms with Gasteiger partial charge in [-0.05, 0) is 54.7 Å². The minimum Gasteiger partial charge on any atom is -0.361 e. The van der Waals surface area contributed by atoms with Gasteiger partial charge in [-0.3, -0.25) is 14.6 Å². The van der Waals surface area contributed by atoms with Crippen LogP contribution in [0.4, 0.5) is 4.39 Å². The molecule has 0 unspecified atom stereocenters. The summed E-state index contributed by atoms with van der Waals surface area (Å²) in [5.41, 5.74) is 3.43. The second-order valence-corrected chi connectivity index (χ2v) is 9.28. The number of nitrogens with zero attached hydrogens (tertiary/aromatic N) is 2. The summed E-state index contributed by atoms with van der Waals surface area (Å²) in [6, 6.07) is 10.6. The van der Waals surface area contributed by atoms with Crippen LogP contribution in [0.2, 0.25) is 0 Å². The third kappa shape index (κ3) is 6.67. The van der Waals surface area contributed by atoms with Gasteiger partial charge in [-0.25, -0.2) is 4.39 Å². The number of aryl methyl sites for hydroxylation is 2. The lowest BCUT2D eigenvalue weighted by atomic mass is 9.93. The first-order valence-corrected chi connectivity index (χ1v) is 10.8. The third-order valence-corrected chi connectivity index (χ3v) is 5.19. The molecule has 5 nitrogen and oxygen atoms in total. The summed E-state index contributed by atoms with van der Waals surface area (Å²) in [5, 5.41) is 3.96. The normalized spacial score (nSPS) is 11.5. The lowest BCUT2D eigenvalue weighted by Crippen LogP contribution is -2.10. The van der Waals surface area contributed by atoms with Crippen LogP contribution in [0.5, 0.6) is 0 Å². The molecular formula is C26H29FN2O3. The van der Waals surface area contributed by atoms with E-state index in [0.717, 1.165) is 22.6 Å². The zero-order chi connectivity index (χ0) is 23.3. The smallest absolute Gasteiger partial charge is 0.143 e. The number of carbonyl (C=O) groups excluding carboxylic acids is 2. The predicted octanol–water partition coefficient (Wildman–Crippen LogP) is 4.78. The van der Waals surface area contributed by atoms with Gasteiger partial charge in [-0.15, -0.1) is 0 Å². The molecule has 0 aliphatic rings. The number of aromatic nitrogens is 2. The Balaban J connectivity index is 1.57. The van der Waals surface area contributed by atoms with E-state index in [4.69, 9.17) is 4.52 Å². The topological polar surface area (TPSA) is 73.1 Å². The summed E-state index contributed by atoms with van der Waals surface area (Å²) in [6.45, 7) is 7.57. The molecule has 2 aromatic heterocycles. The van der Waals surface area contributed by atoms with Gasteiger partial charge in [-0.1, -0.05) is 38.1 Å². The highest BCUT2D eigenvalue weighted by Gasteiger charge is 2.20. The van der Waals surface area contributed by atoms with Crippen molar-refractivity contribution >= 4 is 11.6 Å². The fraction of sp³-hybridized carbons (Fsp3) is 0.385. The number of hydrogen-bond acceptors (Lipinski definition) is 5. The number of Topliss-reactive ketones (excluding diaryl/α,β-unsaturated/α-hetero) is 2. The maximum atomic E-state index is 14.6. The first-order chi connectivity index (χ1) is 15.1. The van der Waals surface area contributed by atoms with E-state index in [2.05, 4.69) is 10.1 Å². The molecule has 0 fully saturated rings. The quantitative estimate of drug-likeness (QED) is 0.483. The SMILES string of the molecule is CC(=O)Cc1cc(CCc2ccc(CC(=O)Cc3cc(C(C)(C)C)on3)c(F)c2)ccn1. The van der Waals surface area contributed by atoms with E-state index >= 15 is 0 Å². The van der Waals surface area contributed by atoms with Crippen molar-refractivity contribution in [3.8, 4) is 0 Å². The standard InChI is InChI=1S/C26H29FN2O3/c1-17(30)11-21-12-19(9-10-28-21)6-5-18-7-8-20(24(27)13-18)14-23(31)15-22-16-25(32-29-22)26(2,3)4/h7-10,12-13,16H,5-6,11,14-15H2,1-4H3. The fourth-order valence-electron chi connectivity index (χ4n) is 3.44. The molecule has 3 aromatic rings.